The molecule has 0 spiro atoms. The fourth-order valence-electron chi connectivity index (χ4n) is 10.8. The molecule has 6 saturated carbocycles. The standard InChI is InChI=1S/C33H40ClN3O7/c1-37(2)26-20-7-17-6-19-23(27(39)22(17)29(41)33(20,44)30(42)24(28(26)40)31(35)43)21(38)8-18(25(19)34)12-36-13-32-9-14-3-15(10-32)5-16(4-14)11-32/h8,14-17,20,22,24,26,36,38,44H,3-7,9-13H2,1-2H3,(H2,35,43)/t14?,15?,16?,17-,20-,22?,24?,26-,32?,33-/m0/s1. The summed E-state index contributed by atoms with van der Waals surface area (Å²) in [6.07, 6.45) is 8.02. The molecule has 10 nitrogen and oxygen atoms in total. The second-order valence-electron chi connectivity index (χ2n) is 15.0. The summed E-state index contributed by atoms with van der Waals surface area (Å²) in [6, 6.07) is 0.326. The zero-order chi connectivity index (χ0) is 31.5. The largest absolute Gasteiger partial charge is 0.507 e. The van der Waals surface area contributed by atoms with Crippen LogP contribution in [0.3, 0.4) is 0 Å². The minimum absolute atomic E-state index is 0.00448. The lowest BCUT2D eigenvalue weighted by atomic mass is 9.49. The Balaban J connectivity index is 1.17. The van der Waals surface area contributed by atoms with Gasteiger partial charge in [-0.15, -0.1) is 0 Å². The van der Waals surface area contributed by atoms with Crippen molar-refractivity contribution in [3.8, 4) is 5.75 Å². The number of primary amides is 1. The van der Waals surface area contributed by atoms with Crippen LogP contribution >= 0.6 is 11.6 Å². The zero-order valence-corrected chi connectivity index (χ0v) is 25.9. The summed E-state index contributed by atoms with van der Waals surface area (Å²) in [5.74, 6) is -8.12. The SMILES string of the molecule is CN(C)[C@@H]1C(=O)C(C(N)=O)C(=O)[C@@]2(O)C(=O)C3C(=O)c4c(O)cc(CNCC56CC7CC(CC(C7)C5)C6)c(Cl)c4C[C@H]3C[C@@H]12. The van der Waals surface area contributed by atoms with E-state index in [9.17, 15) is 34.2 Å². The van der Waals surface area contributed by atoms with E-state index in [1.165, 1.54) is 49.5 Å². The Labute approximate surface area is 261 Å². The molecular formula is C33H40ClN3O7. The van der Waals surface area contributed by atoms with Crippen LogP contribution in [0, 0.1) is 46.8 Å². The number of hydrogen-bond acceptors (Lipinski definition) is 9. The first-order chi connectivity index (χ1) is 20.8. The first-order valence-corrected chi connectivity index (χ1v) is 16.2. The molecule has 1 aromatic carbocycles. The van der Waals surface area contributed by atoms with Crippen LogP contribution in [0.4, 0.5) is 0 Å². The molecule has 2 unspecified atom stereocenters. The number of phenols is 1. The number of carbonyl (C=O) groups is 5. The van der Waals surface area contributed by atoms with Crippen molar-refractivity contribution in [2.45, 2.75) is 69.6 Å². The van der Waals surface area contributed by atoms with E-state index in [-0.39, 0.29) is 24.2 Å². The summed E-state index contributed by atoms with van der Waals surface area (Å²) in [4.78, 5) is 68.1. The van der Waals surface area contributed by atoms with E-state index in [1.54, 1.807) is 14.1 Å². The molecule has 0 aliphatic heterocycles. The van der Waals surface area contributed by atoms with Gasteiger partial charge in [-0.2, -0.15) is 0 Å². The Bertz CT molecular complexity index is 1470. The minimum Gasteiger partial charge on any atom is -0.507 e. The number of hydrogen-bond donors (Lipinski definition) is 4. The predicted octanol–water partition coefficient (Wildman–Crippen LogP) is 1.83. The van der Waals surface area contributed by atoms with Gasteiger partial charge in [0.15, 0.2) is 34.7 Å². The highest BCUT2D eigenvalue weighted by atomic mass is 35.5. The molecule has 0 saturated heterocycles. The van der Waals surface area contributed by atoms with Crippen LogP contribution in [0.25, 0.3) is 0 Å². The number of amides is 1. The van der Waals surface area contributed by atoms with Gasteiger partial charge in [0, 0.05) is 24.0 Å². The lowest BCUT2D eigenvalue weighted by molar-refractivity contribution is -0.181. The van der Waals surface area contributed by atoms with Crippen molar-refractivity contribution in [3.05, 3.63) is 27.8 Å². The molecule has 6 atom stereocenters. The van der Waals surface area contributed by atoms with Gasteiger partial charge < -0.3 is 21.3 Å². The van der Waals surface area contributed by atoms with Gasteiger partial charge >= 0.3 is 0 Å². The summed E-state index contributed by atoms with van der Waals surface area (Å²) >= 11 is 6.92. The van der Waals surface area contributed by atoms with Crippen LogP contribution in [0.2, 0.25) is 5.02 Å². The lowest BCUT2D eigenvalue weighted by Crippen LogP contribution is -2.74. The Morgan fingerprint density at radius 3 is 2.23 bits per heavy atom. The van der Waals surface area contributed by atoms with Gasteiger partial charge in [0.2, 0.25) is 5.91 Å². The van der Waals surface area contributed by atoms with Crippen molar-refractivity contribution in [2.24, 2.45) is 52.6 Å². The average molecular weight is 626 g/mol. The molecule has 236 valence electrons. The van der Waals surface area contributed by atoms with Crippen LogP contribution in [0.5, 0.6) is 5.75 Å². The molecule has 0 aromatic heterocycles. The quantitative estimate of drug-likeness (QED) is 0.345. The van der Waals surface area contributed by atoms with Crippen LogP contribution in [-0.4, -0.2) is 76.4 Å². The van der Waals surface area contributed by atoms with Gasteiger partial charge in [-0.05, 0) is 112 Å². The molecule has 4 bridgehead atoms. The van der Waals surface area contributed by atoms with Gasteiger partial charge in [-0.3, -0.25) is 28.9 Å². The number of ketones is 4. The van der Waals surface area contributed by atoms with E-state index in [1.807, 2.05) is 0 Å². The number of carbonyl (C=O) groups excluding carboxylic acids is 5. The molecule has 11 heteroatoms. The summed E-state index contributed by atoms with van der Waals surface area (Å²) in [5, 5.41) is 26.8. The van der Waals surface area contributed by atoms with E-state index in [4.69, 9.17) is 17.3 Å². The normalized spacial score (nSPS) is 40.7. The molecule has 5 N–H and O–H groups in total. The van der Waals surface area contributed by atoms with Gasteiger partial charge in [0.05, 0.1) is 17.5 Å². The van der Waals surface area contributed by atoms with E-state index in [0.717, 1.165) is 24.3 Å². The lowest BCUT2D eigenvalue weighted by Gasteiger charge is -2.57. The second-order valence-corrected chi connectivity index (χ2v) is 15.4. The summed E-state index contributed by atoms with van der Waals surface area (Å²) in [6.45, 7) is 1.30. The smallest absolute Gasteiger partial charge is 0.235 e. The number of likely N-dealkylation sites (N-methyl/N-ethyl adjacent to an activating group) is 1. The molecule has 1 amide bonds. The van der Waals surface area contributed by atoms with Gasteiger partial charge in [0.1, 0.15) is 5.75 Å². The molecule has 0 radical (unpaired) electrons. The zero-order valence-electron chi connectivity index (χ0n) is 25.1. The van der Waals surface area contributed by atoms with Crippen molar-refractivity contribution < 1.29 is 34.2 Å². The third-order valence-electron chi connectivity index (χ3n) is 12.1. The molecular weight excluding hydrogens is 586 g/mol. The second kappa shape index (κ2) is 10.2. The maximum Gasteiger partial charge on any atom is 0.235 e. The predicted molar refractivity (Wildman–Crippen MR) is 159 cm³/mol. The van der Waals surface area contributed by atoms with E-state index in [0.29, 0.717) is 28.1 Å². The van der Waals surface area contributed by atoms with Crippen LogP contribution in [-0.2, 0) is 32.1 Å². The number of nitrogens with one attached hydrogen (secondary N) is 1. The van der Waals surface area contributed by atoms with Crippen molar-refractivity contribution in [2.75, 3.05) is 20.6 Å². The Kier molecular flexibility index (Phi) is 6.94. The number of aromatic hydroxyl groups is 1. The van der Waals surface area contributed by atoms with Crippen LogP contribution in [0.1, 0.15) is 66.4 Å². The number of fused-ring (bicyclic) bond motifs is 3. The van der Waals surface area contributed by atoms with Gasteiger partial charge in [0.25, 0.3) is 0 Å². The third kappa shape index (κ3) is 4.20. The maximum absolute atomic E-state index is 14.0. The van der Waals surface area contributed by atoms with Crippen molar-refractivity contribution in [1.82, 2.24) is 10.2 Å². The maximum atomic E-state index is 14.0. The monoisotopic (exact) mass is 625 g/mol. The van der Waals surface area contributed by atoms with E-state index < -0.39 is 64.4 Å². The van der Waals surface area contributed by atoms with E-state index in [2.05, 4.69) is 5.32 Å². The number of halogens is 1. The Morgan fingerprint density at radius 1 is 1.05 bits per heavy atom. The first kappa shape index (κ1) is 30.0. The van der Waals surface area contributed by atoms with Gasteiger partial charge in [-0.25, -0.2) is 0 Å². The number of rotatable bonds is 6. The Morgan fingerprint density at radius 2 is 1.66 bits per heavy atom. The Hall–Kier alpha value is -2.66. The number of nitrogens with two attached hydrogens (primary N) is 1. The minimum atomic E-state index is -2.74. The van der Waals surface area contributed by atoms with Crippen LogP contribution < -0.4 is 11.1 Å². The molecule has 44 heavy (non-hydrogen) atoms. The fourth-order valence-corrected chi connectivity index (χ4v) is 11.1. The third-order valence-corrected chi connectivity index (χ3v) is 12.5. The molecule has 7 aliphatic carbocycles. The number of Topliss-reactive ketones (excluding diaryl/α,β-unsaturated/α-hetero) is 4. The molecule has 1 aromatic rings. The fraction of sp³-hybridized carbons (Fsp3) is 0.667. The average Bonchev–Trinajstić information content (AvgIpc) is 2.92. The molecule has 7 aliphatic rings. The number of benzene rings is 1. The number of nitrogens with zero attached hydrogens (tertiary/aromatic N) is 1. The summed E-state index contributed by atoms with van der Waals surface area (Å²) < 4.78 is 0. The summed E-state index contributed by atoms with van der Waals surface area (Å²) in [7, 11) is 3.12. The first-order valence-electron chi connectivity index (χ1n) is 15.8. The molecule has 0 heterocycles. The summed E-state index contributed by atoms with van der Waals surface area (Å²) in [5.41, 5.74) is 3.97. The van der Waals surface area contributed by atoms with Crippen molar-refractivity contribution >= 4 is 40.6 Å². The topological polar surface area (TPSA) is 167 Å². The van der Waals surface area contributed by atoms with E-state index >= 15 is 0 Å². The van der Waals surface area contributed by atoms with Crippen molar-refractivity contribution in [3.63, 3.8) is 0 Å². The number of aliphatic hydroxyl groups is 1. The van der Waals surface area contributed by atoms with Crippen molar-refractivity contribution in [1.29, 1.82) is 0 Å². The highest BCUT2D eigenvalue weighted by Gasteiger charge is 2.69. The van der Waals surface area contributed by atoms with Crippen LogP contribution in [0.15, 0.2) is 6.07 Å². The highest BCUT2D eigenvalue weighted by Crippen LogP contribution is 2.60. The molecule has 8 rings (SSSR count). The molecule has 6 fully saturated rings. The van der Waals surface area contributed by atoms with Gasteiger partial charge in [-0.1, -0.05) is 11.6 Å². The highest BCUT2D eigenvalue weighted by molar-refractivity contribution is 6.34. The number of phenolic OH excluding ortho intramolecular Hbond substituents is 1.